The Balaban J connectivity index is 2.59. The Hall–Kier alpha value is -1.58. The van der Waals surface area contributed by atoms with E-state index in [-0.39, 0.29) is 6.10 Å². The molecule has 0 aliphatic carbocycles. The Kier molecular flexibility index (Phi) is 6.93. The lowest BCUT2D eigenvalue weighted by atomic mass is 10.1. The number of hydrogen-bond acceptors (Lipinski definition) is 3. The molecule has 0 fully saturated rings. The topological polar surface area (TPSA) is 35.5 Å². The molecule has 1 aromatic rings. The molecule has 0 saturated carbocycles. The standard InChI is InChI=1S/C15H17ClO3/c1-18-13-10-8-12(9-11-13)14(19-2)6-4-3-5-7-15(16)17/h3-5,7-11,14H,6H2,1-2H3. The summed E-state index contributed by atoms with van der Waals surface area (Å²) in [7, 11) is 3.30. The molecule has 3 nitrogen and oxygen atoms in total. The molecule has 0 amide bonds. The Labute approximate surface area is 118 Å². The maximum Gasteiger partial charge on any atom is 0.245 e. The third kappa shape index (κ3) is 5.73. The Bertz CT molecular complexity index is 449. The third-order valence-corrected chi connectivity index (χ3v) is 2.72. The number of rotatable bonds is 7. The molecule has 0 aliphatic heterocycles. The molecular formula is C15H17ClO3. The number of hydrogen-bond donors (Lipinski definition) is 0. The number of halogens is 1. The van der Waals surface area contributed by atoms with Crippen molar-refractivity contribution < 1.29 is 14.3 Å². The predicted molar refractivity (Wildman–Crippen MR) is 76.5 cm³/mol. The Morgan fingerprint density at radius 3 is 2.47 bits per heavy atom. The van der Waals surface area contributed by atoms with Crippen LogP contribution in [0.5, 0.6) is 5.75 Å². The highest BCUT2D eigenvalue weighted by Gasteiger charge is 2.08. The van der Waals surface area contributed by atoms with Crippen LogP contribution in [0.2, 0.25) is 0 Å². The van der Waals surface area contributed by atoms with Crippen molar-refractivity contribution in [3.05, 3.63) is 54.1 Å². The quantitative estimate of drug-likeness (QED) is 0.434. The van der Waals surface area contributed by atoms with Crippen LogP contribution < -0.4 is 4.74 Å². The van der Waals surface area contributed by atoms with E-state index in [0.29, 0.717) is 6.42 Å². The van der Waals surface area contributed by atoms with Gasteiger partial charge in [-0.1, -0.05) is 30.4 Å². The van der Waals surface area contributed by atoms with Gasteiger partial charge in [-0.25, -0.2) is 0 Å². The molecule has 0 heterocycles. The smallest absolute Gasteiger partial charge is 0.245 e. The van der Waals surface area contributed by atoms with E-state index in [9.17, 15) is 4.79 Å². The van der Waals surface area contributed by atoms with Crippen molar-refractivity contribution in [1.29, 1.82) is 0 Å². The van der Waals surface area contributed by atoms with Gasteiger partial charge < -0.3 is 9.47 Å². The molecule has 4 heteroatoms. The molecule has 102 valence electrons. The summed E-state index contributed by atoms with van der Waals surface area (Å²) < 4.78 is 10.5. The summed E-state index contributed by atoms with van der Waals surface area (Å²) in [5.41, 5.74) is 1.07. The van der Waals surface area contributed by atoms with Gasteiger partial charge in [0.15, 0.2) is 0 Å². The molecule has 1 unspecified atom stereocenters. The van der Waals surface area contributed by atoms with Gasteiger partial charge in [0.25, 0.3) is 0 Å². The maximum atomic E-state index is 10.5. The lowest BCUT2D eigenvalue weighted by Crippen LogP contribution is -1.99. The molecule has 0 radical (unpaired) electrons. The molecule has 0 aromatic heterocycles. The fourth-order valence-electron chi connectivity index (χ4n) is 1.60. The lowest BCUT2D eigenvalue weighted by Gasteiger charge is -2.14. The summed E-state index contributed by atoms with van der Waals surface area (Å²) in [5, 5.41) is -0.483. The van der Waals surface area contributed by atoms with Gasteiger partial charge in [-0.3, -0.25) is 4.79 Å². The van der Waals surface area contributed by atoms with Crippen LogP contribution in [0, 0.1) is 0 Å². The minimum Gasteiger partial charge on any atom is -0.497 e. The first-order valence-electron chi connectivity index (χ1n) is 5.86. The van der Waals surface area contributed by atoms with Crippen LogP contribution in [0.1, 0.15) is 18.1 Å². The summed E-state index contributed by atoms with van der Waals surface area (Å²) in [5.74, 6) is 0.817. The largest absolute Gasteiger partial charge is 0.497 e. The zero-order valence-electron chi connectivity index (χ0n) is 11.0. The van der Waals surface area contributed by atoms with Crippen molar-refractivity contribution in [2.45, 2.75) is 12.5 Å². The van der Waals surface area contributed by atoms with Crippen LogP contribution >= 0.6 is 11.6 Å². The summed E-state index contributed by atoms with van der Waals surface area (Å²) in [6.07, 6.45) is 7.29. The number of ether oxygens (including phenoxy) is 2. The van der Waals surface area contributed by atoms with E-state index in [1.54, 1.807) is 26.4 Å². The van der Waals surface area contributed by atoms with Gasteiger partial charge in [0.05, 0.1) is 13.2 Å². The molecule has 0 saturated heterocycles. The van der Waals surface area contributed by atoms with Crippen LogP contribution in [-0.4, -0.2) is 19.5 Å². The predicted octanol–water partition coefficient (Wildman–Crippen LogP) is 3.65. The summed E-state index contributed by atoms with van der Waals surface area (Å²) in [6.45, 7) is 0. The van der Waals surface area contributed by atoms with Crippen molar-refractivity contribution in [2.24, 2.45) is 0 Å². The van der Waals surface area contributed by atoms with E-state index in [4.69, 9.17) is 21.1 Å². The van der Waals surface area contributed by atoms with Crippen molar-refractivity contribution in [3.63, 3.8) is 0 Å². The summed E-state index contributed by atoms with van der Waals surface area (Å²) in [4.78, 5) is 10.5. The van der Waals surface area contributed by atoms with Crippen LogP contribution in [-0.2, 0) is 9.53 Å². The van der Waals surface area contributed by atoms with E-state index in [1.165, 1.54) is 6.08 Å². The minimum absolute atomic E-state index is 0.0257. The number of carbonyl (C=O) groups excluding carboxylic acids is 1. The van der Waals surface area contributed by atoms with E-state index in [0.717, 1.165) is 11.3 Å². The van der Waals surface area contributed by atoms with Crippen molar-refractivity contribution in [2.75, 3.05) is 14.2 Å². The molecule has 1 atom stereocenters. The molecule has 0 spiro atoms. The molecule has 1 rings (SSSR count). The molecule has 0 aliphatic rings. The van der Waals surface area contributed by atoms with Crippen LogP contribution in [0.4, 0.5) is 0 Å². The molecule has 19 heavy (non-hydrogen) atoms. The molecule has 1 aromatic carbocycles. The SMILES string of the molecule is COc1ccc(C(CC=CC=CC(=O)Cl)OC)cc1. The third-order valence-electron chi connectivity index (χ3n) is 2.60. The van der Waals surface area contributed by atoms with Gasteiger partial charge in [0.2, 0.25) is 5.24 Å². The van der Waals surface area contributed by atoms with E-state index >= 15 is 0 Å². The van der Waals surface area contributed by atoms with Crippen LogP contribution in [0.15, 0.2) is 48.6 Å². The van der Waals surface area contributed by atoms with Gasteiger partial charge in [-0.15, -0.1) is 0 Å². The minimum atomic E-state index is -0.483. The maximum absolute atomic E-state index is 10.5. The number of carbonyl (C=O) groups is 1. The zero-order valence-corrected chi connectivity index (χ0v) is 11.8. The van der Waals surface area contributed by atoms with Crippen molar-refractivity contribution >= 4 is 16.8 Å². The zero-order chi connectivity index (χ0) is 14.1. The van der Waals surface area contributed by atoms with Crippen LogP contribution in [0.3, 0.4) is 0 Å². The second-order valence-corrected chi connectivity index (χ2v) is 4.20. The Morgan fingerprint density at radius 1 is 1.26 bits per heavy atom. The van der Waals surface area contributed by atoms with Crippen molar-refractivity contribution in [3.8, 4) is 5.75 Å². The van der Waals surface area contributed by atoms with Gasteiger partial charge >= 0.3 is 0 Å². The molecule has 0 bridgehead atoms. The second-order valence-electron chi connectivity index (χ2n) is 3.82. The first-order valence-corrected chi connectivity index (χ1v) is 6.24. The fraction of sp³-hybridized carbons (Fsp3) is 0.267. The molecule has 0 N–H and O–H groups in total. The summed E-state index contributed by atoms with van der Waals surface area (Å²) in [6, 6.07) is 7.74. The number of allylic oxidation sites excluding steroid dienone is 3. The fourth-order valence-corrected chi connectivity index (χ4v) is 1.67. The van der Waals surface area contributed by atoms with Crippen molar-refractivity contribution in [1.82, 2.24) is 0 Å². The van der Waals surface area contributed by atoms with Gasteiger partial charge in [0.1, 0.15) is 5.75 Å². The lowest BCUT2D eigenvalue weighted by molar-refractivity contribution is -0.107. The average molecular weight is 281 g/mol. The second kappa shape index (κ2) is 8.51. The normalized spacial score (nSPS) is 13.0. The molecular weight excluding hydrogens is 264 g/mol. The highest BCUT2D eigenvalue weighted by Crippen LogP contribution is 2.23. The van der Waals surface area contributed by atoms with Crippen LogP contribution in [0.25, 0.3) is 0 Å². The van der Waals surface area contributed by atoms with Gasteiger partial charge in [-0.05, 0) is 41.8 Å². The van der Waals surface area contributed by atoms with E-state index in [2.05, 4.69) is 0 Å². The van der Waals surface area contributed by atoms with Gasteiger partial charge in [0, 0.05) is 7.11 Å². The Morgan fingerprint density at radius 2 is 1.95 bits per heavy atom. The summed E-state index contributed by atoms with van der Waals surface area (Å²) >= 11 is 5.17. The highest BCUT2D eigenvalue weighted by atomic mass is 35.5. The number of methoxy groups -OCH3 is 2. The first kappa shape index (κ1) is 15.5. The average Bonchev–Trinajstić information content (AvgIpc) is 2.43. The highest BCUT2D eigenvalue weighted by molar-refractivity contribution is 6.66. The monoisotopic (exact) mass is 280 g/mol. The van der Waals surface area contributed by atoms with E-state index < -0.39 is 5.24 Å². The number of benzene rings is 1. The van der Waals surface area contributed by atoms with Gasteiger partial charge in [-0.2, -0.15) is 0 Å². The van der Waals surface area contributed by atoms with E-state index in [1.807, 2.05) is 30.3 Å². The first-order chi connectivity index (χ1) is 9.17.